The Morgan fingerprint density at radius 1 is 1.06 bits per heavy atom. The zero-order valence-corrected chi connectivity index (χ0v) is 17.8. The van der Waals surface area contributed by atoms with E-state index in [1.807, 2.05) is 31.2 Å². The topological polar surface area (TPSA) is 58.2 Å². The normalized spacial score (nSPS) is 18.9. The third-order valence-corrected chi connectivity index (χ3v) is 5.97. The average molecular weight is 440 g/mol. The Morgan fingerprint density at radius 2 is 1.81 bits per heavy atom. The van der Waals surface area contributed by atoms with Crippen LogP contribution in [-0.4, -0.2) is 11.7 Å². The number of hydrogen-bond donors (Lipinski definition) is 2. The van der Waals surface area contributed by atoms with Crippen molar-refractivity contribution in [2.75, 3.05) is 5.32 Å². The van der Waals surface area contributed by atoms with Crippen molar-refractivity contribution in [2.45, 2.75) is 45.2 Å². The van der Waals surface area contributed by atoms with Gasteiger partial charge in [0.1, 0.15) is 0 Å². The molecule has 1 amide bonds. The van der Waals surface area contributed by atoms with E-state index < -0.39 is 23.6 Å². The minimum absolute atomic E-state index is 0.0103. The van der Waals surface area contributed by atoms with Crippen LogP contribution in [-0.2, 0) is 15.8 Å². The van der Waals surface area contributed by atoms with Crippen LogP contribution in [0.2, 0.25) is 0 Å². The van der Waals surface area contributed by atoms with Crippen molar-refractivity contribution < 1.29 is 22.8 Å². The first kappa shape index (κ1) is 21.9. The van der Waals surface area contributed by atoms with Crippen molar-refractivity contribution >= 4 is 17.4 Å². The Kier molecular flexibility index (Phi) is 5.67. The smallest absolute Gasteiger partial charge is 0.362 e. The molecule has 2 aliphatic rings. The highest BCUT2D eigenvalue weighted by molar-refractivity contribution is 6.09. The van der Waals surface area contributed by atoms with E-state index in [-0.39, 0.29) is 11.5 Å². The lowest BCUT2D eigenvalue weighted by molar-refractivity contribution is -0.137. The monoisotopic (exact) mass is 440 g/mol. The molecule has 4 nitrogen and oxygen atoms in total. The van der Waals surface area contributed by atoms with Gasteiger partial charge in [0, 0.05) is 40.6 Å². The Morgan fingerprint density at radius 3 is 2.53 bits per heavy atom. The van der Waals surface area contributed by atoms with Crippen LogP contribution < -0.4 is 10.6 Å². The Bertz CT molecular complexity index is 1160. The minimum atomic E-state index is -4.51. The lowest BCUT2D eigenvalue weighted by Gasteiger charge is -2.35. The maximum Gasteiger partial charge on any atom is 0.416 e. The van der Waals surface area contributed by atoms with Gasteiger partial charge in [-0.2, -0.15) is 13.2 Å². The van der Waals surface area contributed by atoms with Gasteiger partial charge in [0.2, 0.25) is 0 Å². The summed E-state index contributed by atoms with van der Waals surface area (Å²) in [6.07, 6.45) is -2.65. The van der Waals surface area contributed by atoms with E-state index in [1.165, 1.54) is 12.1 Å². The van der Waals surface area contributed by atoms with Crippen molar-refractivity contribution in [3.05, 3.63) is 87.8 Å². The number of anilines is 1. The van der Waals surface area contributed by atoms with E-state index in [1.54, 1.807) is 6.92 Å². The van der Waals surface area contributed by atoms with Crippen LogP contribution in [0.25, 0.3) is 0 Å². The van der Waals surface area contributed by atoms with Crippen LogP contribution in [0.1, 0.15) is 48.8 Å². The van der Waals surface area contributed by atoms with Gasteiger partial charge in [0.25, 0.3) is 5.91 Å². The number of carbonyl (C=O) groups is 2. The highest BCUT2D eigenvalue weighted by atomic mass is 19.4. The highest BCUT2D eigenvalue weighted by Crippen LogP contribution is 2.43. The number of amides is 1. The quantitative estimate of drug-likeness (QED) is 0.651. The number of carbonyl (C=O) groups excluding carboxylic acids is 2. The van der Waals surface area contributed by atoms with Gasteiger partial charge in [0.15, 0.2) is 5.78 Å². The third kappa shape index (κ3) is 4.07. The molecule has 0 fully saturated rings. The summed E-state index contributed by atoms with van der Waals surface area (Å²) in [6, 6.07) is 12.1. The first-order valence-corrected chi connectivity index (χ1v) is 10.4. The van der Waals surface area contributed by atoms with Gasteiger partial charge in [-0.25, -0.2) is 0 Å². The summed E-state index contributed by atoms with van der Waals surface area (Å²) >= 11 is 0. The number of halogens is 3. The second-order valence-electron chi connectivity index (χ2n) is 8.15. The van der Waals surface area contributed by atoms with Gasteiger partial charge in [-0.15, -0.1) is 0 Å². The molecular formula is C25H23F3N2O2. The molecule has 0 unspecified atom stereocenters. The standard InChI is InChI=1S/C25H23F3N2O2/c1-14-7-3-4-10-18(14)22-21(15(2)29-19-11-6-12-20(31)23(19)22)24(32)30-17-9-5-8-16(13-17)25(26,27)28/h3-5,7-10,13,22,29H,6,11-12H2,1-2H3,(H,30,32)/t22-/m0/s1. The van der Waals surface area contributed by atoms with Gasteiger partial charge in [0.05, 0.1) is 5.56 Å². The third-order valence-electron chi connectivity index (χ3n) is 5.97. The maximum atomic E-state index is 13.4. The van der Waals surface area contributed by atoms with Gasteiger partial charge in [-0.3, -0.25) is 9.59 Å². The molecule has 7 heteroatoms. The van der Waals surface area contributed by atoms with E-state index >= 15 is 0 Å². The molecule has 32 heavy (non-hydrogen) atoms. The molecule has 1 atom stereocenters. The lowest BCUT2D eigenvalue weighted by atomic mass is 9.74. The van der Waals surface area contributed by atoms with E-state index in [2.05, 4.69) is 10.6 Å². The summed E-state index contributed by atoms with van der Waals surface area (Å²) < 4.78 is 39.3. The molecule has 1 aliphatic heterocycles. The number of dihydropyridines is 1. The van der Waals surface area contributed by atoms with E-state index in [0.717, 1.165) is 35.4 Å². The van der Waals surface area contributed by atoms with Crippen LogP contribution in [0.4, 0.5) is 18.9 Å². The first-order chi connectivity index (χ1) is 15.2. The number of aryl methyl sites for hydroxylation is 1. The molecule has 1 heterocycles. The molecule has 0 spiro atoms. The van der Waals surface area contributed by atoms with E-state index in [9.17, 15) is 22.8 Å². The number of hydrogen-bond acceptors (Lipinski definition) is 3. The molecule has 2 N–H and O–H groups in total. The Balaban J connectivity index is 1.77. The summed E-state index contributed by atoms with van der Waals surface area (Å²) in [5.74, 6) is -1.12. The summed E-state index contributed by atoms with van der Waals surface area (Å²) in [4.78, 5) is 26.3. The second kappa shape index (κ2) is 8.30. The summed E-state index contributed by atoms with van der Waals surface area (Å²) in [5, 5.41) is 5.83. The molecule has 0 radical (unpaired) electrons. The van der Waals surface area contributed by atoms with Crippen molar-refractivity contribution in [3.8, 4) is 0 Å². The molecule has 1 aliphatic carbocycles. The molecule has 0 saturated heterocycles. The second-order valence-corrected chi connectivity index (χ2v) is 8.15. The van der Waals surface area contributed by atoms with Crippen molar-refractivity contribution in [2.24, 2.45) is 0 Å². The molecule has 2 aromatic carbocycles. The molecule has 166 valence electrons. The van der Waals surface area contributed by atoms with Crippen molar-refractivity contribution in [3.63, 3.8) is 0 Å². The van der Waals surface area contributed by atoms with Crippen LogP contribution in [0.5, 0.6) is 0 Å². The predicted molar refractivity (Wildman–Crippen MR) is 116 cm³/mol. The SMILES string of the molecule is CC1=C(C(=O)Nc2cccc(C(F)(F)F)c2)[C@H](c2ccccc2C)C2=C(CCCC2=O)N1. The molecule has 0 saturated carbocycles. The van der Waals surface area contributed by atoms with Gasteiger partial charge in [-0.05, 0) is 56.0 Å². The fraction of sp³-hybridized carbons (Fsp3) is 0.280. The Hall–Kier alpha value is -3.35. The van der Waals surface area contributed by atoms with E-state index in [4.69, 9.17) is 0 Å². The summed E-state index contributed by atoms with van der Waals surface area (Å²) in [7, 11) is 0. The molecule has 4 rings (SSSR count). The largest absolute Gasteiger partial charge is 0.416 e. The van der Waals surface area contributed by atoms with Crippen molar-refractivity contribution in [1.82, 2.24) is 5.32 Å². The molecule has 0 bridgehead atoms. The number of benzene rings is 2. The number of rotatable bonds is 3. The first-order valence-electron chi connectivity index (χ1n) is 10.4. The molecular weight excluding hydrogens is 417 g/mol. The zero-order chi connectivity index (χ0) is 23.0. The summed E-state index contributed by atoms with van der Waals surface area (Å²) in [6.45, 7) is 3.68. The van der Waals surface area contributed by atoms with Crippen LogP contribution >= 0.6 is 0 Å². The number of allylic oxidation sites excluding steroid dienone is 3. The number of nitrogens with one attached hydrogen (secondary N) is 2. The average Bonchev–Trinajstić information content (AvgIpc) is 2.73. The highest BCUT2D eigenvalue weighted by Gasteiger charge is 2.39. The fourth-order valence-corrected chi connectivity index (χ4v) is 4.48. The maximum absolute atomic E-state index is 13.4. The number of alkyl halides is 3. The molecule has 2 aromatic rings. The van der Waals surface area contributed by atoms with Gasteiger partial charge < -0.3 is 10.6 Å². The molecule has 0 aromatic heterocycles. The van der Waals surface area contributed by atoms with E-state index in [0.29, 0.717) is 29.7 Å². The summed E-state index contributed by atoms with van der Waals surface area (Å²) in [5.41, 5.74) is 3.30. The van der Waals surface area contributed by atoms with Gasteiger partial charge >= 0.3 is 6.18 Å². The Labute approximate surface area is 184 Å². The lowest BCUT2D eigenvalue weighted by Crippen LogP contribution is -2.35. The van der Waals surface area contributed by atoms with Gasteiger partial charge in [-0.1, -0.05) is 30.3 Å². The fourth-order valence-electron chi connectivity index (χ4n) is 4.48. The number of ketones is 1. The van der Waals surface area contributed by atoms with Crippen LogP contribution in [0, 0.1) is 6.92 Å². The number of Topliss-reactive ketones (excluding diaryl/α,β-unsaturated/α-hetero) is 1. The predicted octanol–water partition coefficient (Wildman–Crippen LogP) is 5.62. The zero-order valence-electron chi connectivity index (χ0n) is 17.8. The minimum Gasteiger partial charge on any atom is -0.362 e. The van der Waals surface area contributed by atoms with Crippen LogP contribution in [0.15, 0.2) is 71.1 Å². The van der Waals surface area contributed by atoms with Crippen molar-refractivity contribution in [1.29, 1.82) is 0 Å². The van der Waals surface area contributed by atoms with Crippen LogP contribution in [0.3, 0.4) is 0 Å².